The number of carbonyl (C=O) groups excluding carboxylic acids is 1. The normalized spacial score (nSPS) is 13.3. The van der Waals surface area contributed by atoms with Gasteiger partial charge in [-0.25, -0.2) is 9.97 Å². The zero-order chi connectivity index (χ0) is 16.5. The fraction of sp³-hybridized carbons (Fsp3) is 0.176. The molecular weight excluding hydrogens is 304 g/mol. The molecule has 0 saturated heterocycles. The van der Waals surface area contributed by atoms with Crippen LogP contribution in [0.2, 0.25) is 0 Å². The summed E-state index contributed by atoms with van der Waals surface area (Å²) in [5, 5.41) is 10.4. The summed E-state index contributed by atoms with van der Waals surface area (Å²) >= 11 is 0. The average molecular weight is 320 g/mol. The van der Waals surface area contributed by atoms with Crippen molar-refractivity contribution in [2.24, 2.45) is 0 Å². The van der Waals surface area contributed by atoms with Crippen molar-refractivity contribution in [3.05, 3.63) is 48.3 Å². The van der Waals surface area contributed by atoms with Crippen LogP contribution in [0.15, 0.2) is 42.6 Å². The van der Waals surface area contributed by atoms with E-state index in [-0.39, 0.29) is 5.91 Å². The van der Waals surface area contributed by atoms with Crippen molar-refractivity contribution in [3.8, 4) is 22.8 Å². The van der Waals surface area contributed by atoms with Gasteiger partial charge in [-0.1, -0.05) is 0 Å². The first kappa shape index (κ1) is 14.4. The van der Waals surface area contributed by atoms with Crippen LogP contribution in [0.5, 0.6) is 0 Å². The molecule has 0 radical (unpaired) electrons. The molecule has 1 amide bonds. The molecular formula is C17H16N6O. The molecule has 7 nitrogen and oxygen atoms in total. The quantitative estimate of drug-likeness (QED) is 0.768. The molecule has 120 valence electrons. The molecule has 3 heterocycles. The Morgan fingerprint density at radius 3 is 2.75 bits per heavy atom. The molecule has 0 spiro atoms. The second-order valence-electron chi connectivity index (χ2n) is 5.49. The van der Waals surface area contributed by atoms with E-state index in [4.69, 9.17) is 0 Å². The molecule has 4 rings (SSSR count). The van der Waals surface area contributed by atoms with Gasteiger partial charge in [-0.2, -0.15) is 5.10 Å². The van der Waals surface area contributed by atoms with Crippen molar-refractivity contribution in [1.82, 2.24) is 25.1 Å². The molecule has 7 heteroatoms. The number of fused-ring (bicyclic) bond motifs is 1. The largest absolute Gasteiger partial charge is 0.388 e. The highest BCUT2D eigenvalue weighted by Gasteiger charge is 2.20. The van der Waals surface area contributed by atoms with Crippen LogP contribution in [-0.2, 0) is 6.54 Å². The van der Waals surface area contributed by atoms with Gasteiger partial charge in [0.05, 0.1) is 12.2 Å². The van der Waals surface area contributed by atoms with E-state index in [0.29, 0.717) is 36.0 Å². The van der Waals surface area contributed by atoms with Crippen LogP contribution < -0.4 is 10.6 Å². The zero-order valence-corrected chi connectivity index (χ0v) is 13.2. The number of amides is 1. The third kappa shape index (κ3) is 2.50. The molecule has 0 unspecified atom stereocenters. The number of nitrogens with zero attached hydrogens (tertiary/aromatic N) is 4. The van der Waals surface area contributed by atoms with Crippen LogP contribution in [0.4, 0.5) is 5.69 Å². The van der Waals surface area contributed by atoms with Gasteiger partial charge in [0, 0.05) is 31.0 Å². The van der Waals surface area contributed by atoms with E-state index < -0.39 is 0 Å². The Bertz CT molecular complexity index is 900. The van der Waals surface area contributed by atoms with Gasteiger partial charge < -0.3 is 10.6 Å². The first-order chi connectivity index (χ1) is 11.7. The standard InChI is InChI=1S/C17H16N6O/c1-18-12-4-2-11(3-5-12)16-19-7-6-13(21-16)14-10-15-17(24)20-8-9-23(15)22-14/h2-7,10,18H,8-9H2,1H3,(H,20,24). The van der Waals surface area contributed by atoms with Crippen LogP contribution in [-0.4, -0.2) is 39.2 Å². The summed E-state index contributed by atoms with van der Waals surface area (Å²) in [5.41, 5.74) is 3.90. The highest BCUT2D eigenvalue weighted by molar-refractivity contribution is 5.94. The number of aromatic nitrogens is 4. The summed E-state index contributed by atoms with van der Waals surface area (Å²) in [6.45, 7) is 1.27. The van der Waals surface area contributed by atoms with Crippen LogP contribution in [0.25, 0.3) is 22.8 Å². The van der Waals surface area contributed by atoms with E-state index >= 15 is 0 Å². The third-order valence-corrected chi connectivity index (χ3v) is 3.97. The Morgan fingerprint density at radius 1 is 1.17 bits per heavy atom. The van der Waals surface area contributed by atoms with E-state index in [1.807, 2.05) is 31.3 Å². The summed E-state index contributed by atoms with van der Waals surface area (Å²) in [4.78, 5) is 20.8. The van der Waals surface area contributed by atoms with E-state index in [0.717, 1.165) is 11.3 Å². The number of anilines is 1. The van der Waals surface area contributed by atoms with Gasteiger partial charge in [0.1, 0.15) is 11.4 Å². The molecule has 2 N–H and O–H groups in total. The first-order valence-electron chi connectivity index (χ1n) is 7.72. The average Bonchev–Trinajstić information content (AvgIpc) is 3.08. The van der Waals surface area contributed by atoms with E-state index in [9.17, 15) is 4.79 Å². The smallest absolute Gasteiger partial charge is 0.269 e. The van der Waals surface area contributed by atoms with Crippen molar-refractivity contribution in [1.29, 1.82) is 0 Å². The van der Waals surface area contributed by atoms with Gasteiger partial charge in [-0.15, -0.1) is 0 Å². The molecule has 0 aliphatic carbocycles. The summed E-state index contributed by atoms with van der Waals surface area (Å²) in [6.07, 6.45) is 1.71. The van der Waals surface area contributed by atoms with Crippen molar-refractivity contribution in [2.45, 2.75) is 6.54 Å². The summed E-state index contributed by atoms with van der Waals surface area (Å²) in [5.74, 6) is 0.530. The first-order valence-corrected chi connectivity index (χ1v) is 7.72. The number of rotatable bonds is 3. The Labute approximate surface area is 138 Å². The molecule has 3 aromatic rings. The molecule has 1 aliphatic heterocycles. The topological polar surface area (TPSA) is 84.7 Å². The highest BCUT2D eigenvalue weighted by Crippen LogP contribution is 2.22. The van der Waals surface area contributed by atoms with Crippen LogP contribution >= 0.6 is 0 Å². The molecule has 2 aromatic heterocycles. The lowest BCUT2D eigenvalue weighted by molar-refractivity contribution is 0.0924. The lowest BCUT2D eigenvalue weighted by atomic mass is 10.2. The maximum Gasteiger partial charge on any atom is 0.269 e. The van der Waals surface area contributed by atoms with Gasteiger partial charge >= 0.3 is 0 Å². The zero-order valence-electron chi connectivity index (χ0n) is 13.2. The molecule has 1 aromatic carbocycles. The van der Waals surface area contributed by atoms with Gasteiger partial charge in [0.15, 0.2) is 5.82 Å². The lowest BCUT2D eigenvalue weighted by Crippen LogP contribution is -2.35. The fourth-order valence-corrected chi connectivity index (χ4v) is 2.69. The van der Waals surface area contributed by atoms with E-state index in [1.54, 1.807) is 23.0 Å². The SMILES string of the molecule is CNc1ccc(-c2nccc(-c3cc4n(n3)CCNC4=O)n2)cc1. The number of benzene rings is 1. The molecule has 0 bridgehead atoms. The lowest BCUT2D eigenvalue weighted by Gasteiger charge is -2.13. The van der Waals surface area contributed by atoms with Crippen molar-refractivity contribution in [2.75, 3.05) is 18.9 Å². The summed E-state index contributed by atoms with van der Waals surface area (Å²) < 4.78 is 1.72. The maximum atomic E-state index is 11.9. The van der Waals surface area contributed by atoms with Crippen LogP contribution in [0, 0.1) is 0 Å². The monoisotopic (exact) mass is 320 g/mol. The summed E-state index contributed by atoms with van der Waals surface area (Å²) in [7, 11) is 1.88. The summed E-state index contributed by atoms with van der Waals surface area (Å²) in [6, 6.07) is 11.5. The Kier molecular flexibility index (Phi) is 3.45. The number of hydrogen-bond acceptors (Lipinski definition) is 5. The minimum absolute atomic E-state index is 0.100. The highest BCUT2D eigenvalue weighted by atomic mass is 16.2. The molecule has 0 atom stereocenters. The third-order valence-electron chi connectivity index (χ3n) is 3.97. The van der Waals surface area contributed by atoms with Crippen molar-refractivity contribution in [3.63, 3.8) is 0 Å². The van der Waals surface area contributed by atoms with Crippen molar-refractivity contribution >= 4 is 11.6 Å². The second kappa shape index (κ2) is 5.77. The molecule has 1 aliphatic rings. The fourth-order valence-electron chi connectivity index (χ4n) is 2.69. The van der Waals surface area contributed by atoms with Crippen LogP contribution in [0.3, 0.4) is 0 Å². The van der Waals surface area contributed by atoms with E-state index in [1.165, 1.54) is 0 Å². The van der Waals surface area contributed by atoms with Gasteiger partial charge in [-0.3, -0.25) is 9.48 Å². The predicted octanol–water partition coefficient (Wildman–Crippen LogP) is 1.79. The Balaban J connectivity index is 1.71. The molecule has 0 saturated carbocycles. The number of hydrogen-bond donors (Lipinski definition) is 2. The van der Waals surface area contributed by atoms with Gasteiger partial charge in [-0.05, 0) is 36.4 Å². The number of carbonyl (C=O) groups is 1. The van der Waals surface area contributed by atoms with E-state index in [2.05, 4.69) is 25.7 Å². The number of nitrogens with one attached hydrogen (secondary N) is 2. The minimum atomic E-state index is -0.100. The maximum absolute atomic E-state index is 11.9. The van der Waals surface area contributed by atoms with Crippen molar-refractivity contribution < 1.29 is 4.79 Å². The van der Waals surface area contributed by atoms with Gasteiger partial charge in [0.2, 0.25) is 0 Å². The van der Waals surface area contributed by atoms with Crippen LogP contribution in [0.1, 0.15) is 10.5 Å². The predicted molar refractivity (Wildman–Crippen MR) is 90.6 cm³/mol. The Morgan fingerprint density at radius 2 is 2.00 bits per heavy atom. The van der Waals surface area contributed by atoms with Gasteiger partial charge in [0.25, 0.3) is 5.91 Å². The molecule has 0 fully saturated rings. The minimum Gasteiger partial charge on any atom is -0.388 e. The Hall–Kier alpha value is -3.22. The second-order valence-corrected chi connectivity index (χ2v) is 5.49. The molecule has 24 heavy (non-hydrogen) atoms.